The van der Waals surface area contributed by atoms with E-state index in [1.807, 2.05) is 48.5 Å². The Morgan fingerprint density at radius 2 is 0.962 bits per heavy atom. The summed E-state index contributed by atoms with van der Waals surface area (Å²) in [5.41, 5.74) is 4.45. The highest BCUT2D eigenvalue weighted by molar-refractivity contribution is 6.35. The molecule has 0 aliphatic heterocycles. The predicted octanol–water partition coefficient (Wildman–Crippen LogP) is 3.87. The lowest BCUT2D eigenvalue weighted by Gasteiger charge is -2.09. The van der Waals surface area contributed by atoms with Crippen molar-refractivity contribution in [2.45, 2.75) is 52.6 Å². The van der Waals surface area contributed by atoms with Crippen molar-refractivity contribution in [1.82, 2.24) is 10.6 Å². The van der Waals surface area contributed by atoms with Gasteiger partial charge < -0.3 is 10.6 Å². The Hall–Kier alpha value is -2.62. The average molecular weight is 352 g/mol. The monoisotopic (exact) mass is 352 g/mol. The van der Waals surface area contributed by atoms with Crippen LogP contribution in [-0.4, -0.2) is 11.8 Å². The molecule has 138 valence electrons. The molecule has 0 heterocycles. The van der Waals surface area contributed by atoms with Crippen molar-refractivity contribution < 1.29 is 9.59 Å². The highest BCUT2D eigenvalue weighted by Gasteiger charge is 2.12. The van der Waals surface area contributed by atoms with E-state index in [0.717, 1.165) is 11.1 Å². The minimum atomic E-state index is -0.614. The molecule has 0 aliphatic rings. The van der Waals surface area contributed by atoms with Crippen LogP contribution in [0.15, 0.2) is 48.5 Å². The van der Waals surface area contributed by atoms with Gasteiger partial charge in [0.2, 0.25) is 0 Å². The second-order valence-corrected chi connectivity index (χ2v) is 7.16. The quantitative estimate of drug-likeness (QED) is 0.776. The van der Waals surface area contributed by atoms with E-state index < -0.39 is 11.8 Å². The van der Waals surface area contributed by atoms with Gasteiger partial charge in [-0.25, -0.2) is 0 Å². The van der Waals surface area contributed by atoms with Crippen molar-refractivity contribution in [2.24, 2.45) is 0 Å². The summed E-state index contributed by atoms with van der Waals surface area (Å²) >= 11 is 0. The zero-order chi connectivity index (χ0) is 19.1. The normalized spacial score (nSPS) is 10.8. The summed E-state index contributed by atoms with van der Waals surface area (Å²) in [6.07, 6.45) is 0. The summed E-state index contributed by atoms with van der Waals surface area (Å²) in [5.74, 6) is -0.286. The third-order valence-corrected chi connectivity index (χ3v) is 4.41. The first-order valence-electron chi connectivity index (χ1n) is 9.10. The summed E-state index contributed by atoms with van der Waals surface area (Å²) in [7, 11) is 0. The van der Waals surface area contributed by atoms with Crippen LogP contribution in [0.4, 0.5) is 0 Å². The minimum Gasteiger partial charge on any atom is -0.344 e. The van der Waals surface area contributed by atoms with E-state index in [1.165, 1.54) is 11.1 Å². The number of hydrogen-bond donors (Lipinski definition) is 2. The fourth-order valence-electron chi connectivity index (χ4n) is 2.57. The first-order chi connectivity index (χ1) is 12.4. The van der Waals surface area contributed by atoms with E-state index in [2.05, 4.69) is 38.3 Å². The van der Waals surface area contributed by atoms with Gasteiger partial charge in [-0.2, -0.15) is 0 Å². The van der Waals surface area contributed by atoms with Crippen LogP contribution >= 0.6 is 0 Å². The van der Waals surface area contributed by atoms with Crippen molar-refractivity contribution in [3.63, 3.8) is 0 Å². The van der Waals surface area contributed by atoms with Crippen molar-refractivity contribution in [2.75, 3.05) is 0 Å². The lowest BCUT2D eigenvalue weighted by atomic mass is 10.0. The maximum Gasteiger partial charge on any atom is 0.309 e. The van der Waals surface area contributed by atoms with Crippen molar-refractivity contribution in [3.8, 4) is 0 Å². The van der Waals surface area contributed by atoms with Gasteiger partial charge in [-0.15, -0.1) is 0 Å². The smallest absolute Gasteiger partial charge is 0.309 e. The van der Waals surface area contributed by atoms with E-state index >= 15 is 0 Å². The Morgan fingerprint density at radius 3 is 1.23 bits per heavy atom. The lowest BCUT2D eigenvalue weighted by Crippen LogP contribution is -2.39. The van der Waals surface area contributed by atoms with E-state index in [-0.39, 0.29) is 0 Å². The molecule has 26 heavy (non-hydrogen) atoms. The van der Waals surface area contributed by atoms with Gasteiger partial charge in [0, 0.05) is 13.1 Å². The van der Waals surface area contributed by atoms with Crippen LogP contribution in [0.3, 0.4) is 0 Å². The molecule has 0 aliphatic carbocycles. The van der Waals surface area contributed by atoms with Crippen LogP contribution in [0.2, 0.25) is 0 Å². The van der Waals surface area contributed by atoms with Gasteiger partial charge in [-0.05, 0) is 34.1 Å². The zero-order valence-electron chi connectivity index (χ0n) is 16.0. The maximum absolute atomic E-state index is 11.9. The number of amides is 2. The molecule has 0 atom stereocenters. The molecule has 0 aromatic heterocycles. The Bertz CT molecular complexity index is 666. The molecule has 2 N–H and O–H groups in total. The Balaban J connectivity index is 1.79. The van der Waals surface area contributed by atoms with Crippen LogP contribution in [-0.2, 0) is 22.7 Å². The minimum absolute atomic E-state index is 0.341. The second-order valence-electron chi connectivity index (χ2n) is 7.16. The van der Waals surface area contributed by atoms with Gasteiger partial charge in [-0.1, -0.05) is 76.2 Å². The van der Waals surface area contributed by atoms with Gasteiger partial charge in [0.15, 0.2) is 0 Å². The SMILES string of the molecule is CC(C)c1ccc(CNC(=O)C(=O)NCc2ccc(C(C)C)cc2)cc1. The van der Waals surface area contributed by atoms with Gasteiger partial charge >= 0.3 is 11.8 Å². The van der Waals surface area contributed by atoms with E-state index in [9.17, 15) is 9.59 Å². The standard InChI is InChI=1S/C22H28N2O2/c1-15(2)19-9-5-17(6-10-19)13-23-21(25)22(26)24-14-18-7-11-20(12-8-18)16(3)4/h5-12,15-16H,13-14H2,1-4H3,(H,23,25)(H,24,26). The topological polar surface area (TPSA) is 58.2 Å². The van der Waals surface area contributed by atoms with E-state index in [0.29, 0.717) is 24.9 Å². The third kappa shape index (κ3) is 5.73. The van der Waals surface area contributed by atoms with Gasteiger partial charge in [-0.3, -0.25) is 9.59 Å². The number of nitrogens with one attached hydrogen (secondary N) is 2. The number of rotatable bonds is 6. The molecule has 0 saturated heterocycles. The molecule has 2 rings (SSSR count). The van der Waals surface area contributed by atoms with Crippen LogP contribution in [0.1, 0.15) is 61.8 Å². The molecule has 2 aromatic rings. The summed E-state index contributed by atoms with van der Waals surface area (Å²) < 4.78 is 0. The predicted molar refractivity (Wildman–Crippen MR) is 105 cm³/mol. The molecule has 0 bridgehead atoms. The molecule has 2 aromatic carbocycles. The third-order valence-electron chi connectivity index (χ3n) is 4.41. The van der Waals surface area contributed by atoms with Crippen molar-refractivity contribution in [1.29, 1.82) is 0 Å². The molecule has 0 fully saturated rings. The fraction of sp³-hybridized carbons (Fsp3) is 0.364. The first-order valence-corrected chi connectivity index (χ1v) is 9.10. The summed E-state index contributed by atoms with van der Waals surface area (Å²) in [5, 5.41) is 5.31. The molecule has 0 spiro atoms. The number of benzene rings is 2. The average Bonchev–Trinajstić information content (AvgIpc) is 2.64. The lowest BCUT2D eigenvalue weighted by molar-refractivity contribution is -0.139. The van der Waals surface area contributed by atoms with Crippen LogP contribution in [0.5, 0.6) is 0 Å². The summed E-state index contributed by atoms with van der Waals surface area (Å²) in [6.45, 7) is 9.23. The number of hydrogen-bond acceptors (Lipinski definition) is 2. The number of carbonyl (C=O) groups excluding carboxylic acids is 2. The molecule has 4 heteroatoms. The van der Waals surface area contributed by atoms with Crippen molar-refractivity contribution in [3.05, 3.63) is 70.8 Å². The maximum atomic E-state index is 11.9. The fourth-order valence-corrected chi connectivity index (χ4v) is 2.57. The van der Waals surface area contributed by atoms with Crippen LogP contribution in [0, 0.1) is 0 Å². The van der Waals surface area contributed by atoms with E-state index in [1.54, 1.807) is 0 Å². The molecule has 0 radical (unpaired) electrons. The van der Waals surface area contributed by atoms with Gasteiger partial charge in [0.25, 0.3) is 0 Å². The van der Waals surface area contributed by atoms with E-state index in [4.69, 9.17) is 0 Å². The summed E-state index contributed by atoms with van der Waals surface area (Å²) in [4.78, 5) is 23.9. The van der Waals surface area contributed by atoms with Crippen LogP contribution < -0.4 is 10.6 Å². The molecule has 4 nitrogen and oxygen atoms in total. The molecular formula is C22H28N2O2. The van der Waals surface area contributed by atoms with Gasteiger partial charge in [0.05, 0.1) is 0 Å². The van der Waals surface area contributed by atoms with Gasteiger partial charge in [0.1, 0.15) is 0 Å². The molecular weight excluding hydrogens is 324 g/mol. The van der Waals surface area contributed by atoms with Crippen molar-refractivity contribution >= 4 is 11.8 Å². The summed E-state index contributed by atoms with van der Waals surface area (Å²) in [6, 6.07) is 16.1. The Kier molecular flexibility index (Phi) is 6.96. The molecule has 0 unspecified atom stereocenters. The Morgan fingerprint density at radius 1 is 0.654 bits per heavy atom. The largest absolute Gasteiger partial charge is 0.344 e. The highest BCUT2D eigenvalue weighted by atomic mass is 16.2. The highest BCUT2D eigenvalue weighted by Crippen LogP contribution is 2.15. The first kappa shape index (κ1) is 19.7. The van der Waals surface area contributed by atoms with Crippen LogP contribution in [0.25, 0.3) is 0 Å². The Labute approximate surface area is 156 Å². The zero-order valence-corrected chi connectivity index (χ0v) is 16.0. The molecule has 2 amide bonds. The number of carbonyl (C=O) groups is 2. The molecule has 0 saturated carbocycles. The second kappa shape index (κ2) is 9.18.